The van der Waals surface area contributed by atoms with E-state index in [9.17, 15) is 30.0 Å². The van der Waals surface area contributed by atoms with E-state index >= 15 is 0 Å². The Bertz CT molecular complexity index is 1100. The Kier molecular flexibility index (Phi) is 7.68. The van der Waals surface area contributed by atoms with Gasteiger partial charge in [-0.1, -0.05) is 0 Å². The third-order valence-electron chi connectivity index (χ3n) is 11.0. The molecule has 6 atom stereocenters. The highest BCUT2D eigenvalue weighted by atomic mass is 16.7. The van der Waals surface area contributed by atoms with E-state index in [1.807, 2.05) is 24.0 Å². The molecule has 2 heterocycles. The molecule has 4 N–H and O–H groups in total. The van der Waals surface area contributed by atoms with E-state index < -0.39 is 56.1 Å². The molecule has 2 aliphatic carbocycles. The summed E-state index contributed by atoms with van der Waals surface area (Å²) in [6, 6.07) is 0. The number of piperidine rings is 2. The van der Waals surface area contributed by atoms with Gasteiger partial charge in [-0.05, 0) is 131 Å². The molecule has 4 rings (SSSR count). The van der Waals surface area contributed by atoms with Gasteiger partial charge in [-0.2, -0.15) is 10.1 Å². The molecule has 4 fully saturated rings. The average molecular weight is 597 g/mol. The molecule has 2 saturated carbocycles. The molecule has 2 saturated heterocycles. The normalized spacial score (nSPS) is 38.3. The number of aliphatic carboxylic acids is 2. The quantitative estimate of drug-likeness (QED) is 0.272. The highest BCUT2D eigenvalue weighted by molar-refractivity contribution is 5.83. The molecule has 6 unspecified atom stereocenters. The van der Waals surface area contributed by atoms with Crippen molar-refractivity contribution < 1.29 is 39.7 Å². The van der Waals surface area contributed by atoms with Gasteiger partial charge in [-0.15, -0.1) is 0 Å². The van der Waals surface area contributed by atoms with Crippen molar-refractivity contribution in [3.8, 4) is 0 Å². The first-order valence-electron chi connectivity index (χ1n) is 15.5. The third-order valence-corrected chi connectivity index (χ3v) is 11.0. The summed E-state index contributed by atoms with van der Waals surface area (Å²) >= 11 is 0. The van der Waals surface area contributed by atoms with Gasteiger partial charge in [-0.3, -0.25) is 19.3 Å². The van der Waals surface area contributed by atoms with E-state index in [0.29, 0.717) is 12.8 Å². The maximum absolute atomic E-state index is 13.8. The van der Waals surface area contributed by atoms with Crippen LogP contribution < -0.4 is 0 Å². The first kappa shape index (κ1) is 33.6. The summed E-state index contributed by atoms with van der Waals surface area (Å²) in [6.45, 7) is 23.4. The van der Waals surface area contributed by atoms with Crippen molar-refractivity contribution in [3.63, 3.8) is 0 Å². The first-order valence-corrected chi connectivity index (χ1v) is 15.5. The number of rotatable bonds is 11. The first-order chi connectivity index (χ1) is 18.7. The topological polar surface area (TPSA) is 140 Å². The van der Waals surface area contributed by atoms with Crippen molar-refractivity contribution in [1.82, 2.24) is 10.1 Å². The number of carbonyl (C=O) groups is 2. The predicted octanol–water partition coefficient (Wildman–Crippen LogP) is 4.33. The zero-order valence-electron chi connectivity index (χ0n) is 27.9. The van der Waals surface area contributed by atoms with E-state index in [4.69, 9.17) is 9.68 Å². The summed E-state index contributed by atoms with van der Waals surface area (Å²) in [5.74, 6) is -2.35. The molecule has 0 aromatic carbocycles. The van der Waals surface area contributed by atoms with Crippen molar-refractivity contribution in [3.05, 3.63) is 0 Å². The van der Waals surface area contributed by atoms with Gasteiger partial charge in [0.05, 0.1) is 29.8 Å². The van der Waals surface area contributed by atoms with Crippen molar-refractivity contribution in [2.24, 2.45) is 34.5 Å². The summed E-state index contributed by atoms with van der Waals surface area (Å²) in [5, 5.41) is 46.0. The number of fused-ring (bicyclic) bond motifs is 2. The number of aliphatic hydroxyl groups is 2. The number of hydroxylamine groups is 4. The second-order valence-electron chi connectivity index (χ2n) is 17.4. The highest BCUT2D eigenvalue weighted by Gasteiger charge is 2.93. The van der Waals surface area contributed by atoms with Crippen LogP contribution in [-0.4, -0.2) is 89.1 Å². The minimum Gasteiger partial charge on any atom is -0.481 e. The smallest absolute Gasteiger partial charge is 0.310 e. The largest absolute Gasteiger partial charge is 0.481 e. The van der Waals surface area contributed by atoms with Crippen LogP contribution >= 0.6 is 0 Å². The molecule has 0 aromatic rings. The lowest BCUT2D eigenvalue weighted by atomic mass is 9.71. The van der Waals surface area contributed by atoms with Crippen LogP contribution in [0.2, 0.25) is 0 Å². The van der Waals surface area contributed by atoms with Crippen LogP contribution in [-0.2, 0) is 19.3 Å². The Labute approximate surface area is 251 Å². The van der Waals surface area contributed by atoms with Crippen molar-refractivity contribution in [2.75, 3.05) is 13.2 Å². The summed E-state index contributed by atoms with van der Waals surface area (Å²) in [5.41, 5.74) is -6.34. The maximum atomic E-state index is 13.8. The number of hydrogen-bond donors (Lipinski definition) is 4. The van der Waals surface area contributed by atoms with Gasteiger partial charge in [0.1, 0.15) is 0 Å². The van der Waals surface area contributed by atoms with Gasteiger partial charge in [0.15, 0.2) is 0 Å². The fourth-order valence-corrected chi connectivity index (χ4v) is 10.5. The summed E-state index contributed by atoms with van der Waals surface area (Å²) in [7, 11) is 0. The zero-order valence-corrected chi connectivity index (χ0v) is 27.9. The lowest BCUT2D eigenvalue weighted by Gasteiger charge is -2.52. The Morgan fingerprint density at radius 2 is 1.14 bits per heavy atom. The molecule has 0 amide bonds. The molecule has 2 aliphatic heterocycles. The predicted molar refractivity (Wildman–Crippen MR) is 157 cm³/mol. The molecule has 10 heteroatoms. The Balaban J connectivity index is 1.83. The monoisotopic (exact) mass is 596 g/mol. The molecule has 4 aliphatic rings. The van der Waals surface area contributed by atoms with Gasteiger partial charge in [-0.25, -0.2) is 0 Å². The third kappa shape index (κ3) is 4.92. The van der Waals surface area contributed by atoms with Gasteiger partial charge < -0.3 is 20.4 Å². The molecular weight excluding hydrogens is 540 g/mol. The van der Waals surface area contributed by atoms with Gasteiger partial charge in [0.2, 0.25) is 0 Å². The van der Waals surface area contributed by atoms with E-state index in [1.165, 1.54) is 0 Å². The highest BCUT2D eigenvalue weighted by Crippen LogP contribution is 2.90. The second-order valence-corrected chi connectivity index (χ2v) is 17.4. The van der Waals surface area contributed by atoms with Crippen LogP contribution in [0.25, 0.3) is 0 Å². The Morgan fingerprint density at radius 3 is 1.52 bits per heavy atom. The second kappa shape index (κ2) is 9.60. The molecule has 0 radical (unpaired) electrons. The lowest BCUT2D eigenvalue weighted by molar-refractivity contribution is -0.300. The van der Waals surface area contributed by atoms with Crippen molar-refractivity contribution in [2.45, 2.75) is 142 Å². The fraction of sp³-hybridized carbons (Fsp3) is 0.938. The molecule has 0 spiro atoms. The SMILES string of the molecule is CC(C)(O)CON1C(C)(C)CC2C(C1(C)C)C2(CCC(=O)O)C1(C(=O)O)C2CC(C)(C)N(OCC(C)(C)O)C(C)(C)C21. The van der Waals surface area contributed by atoms with Crippen LogP contribution in [0.4, 0.5) is 0 Å². The zero-order chi connectivity index (χ0) is 32.3. The minimum atomic E-state index is -1.15. The summed E-state index contributed by atoms with van der Waals surface area (Å²) in [4.78, 5) is 38.5. The van der Waals surface area contributed by atoms with Crippen LogP contribution in [0.5, 0.6) is 0 Å². The molecular formula is C32H56N2O8. The van der Waals surface area contributed by atoms with Gasteiger partial charge >= 0.3 is 11.9 Å². The summed E-state index contributed by atoms with van der Waals surface area (Å²) < 4.78 is 0. The standard InChI is InChI=1S/C32H56N2O8/c1-25(2)15-19-22(29(9,10)33(25)41-17-27(5,6)39)31(19,14-13-21(35)36)32(24(37)38)20-16-26(3,4)34(30(11,12)23(20)32)42-18-28(7,8)40/h19-20,22-23,39-40H,13-18H2,1-12H3,(H,35,36)(H,37,38). The van der Waals surface area contributed by atoms with E-state index in [-0.39, 0.29) is 49.7 Å². The van der Waals surface area contributed by atoms with Crippen molar-refractivity contribution in [1.29, 1.82) is 0 Å². The summed E-state index contributed by atoms with van der Waals surface area (Å²) in [6.07, 6.45) is 1.40. The van der Waals surface area contributed by atoms with Crippen LogP contribution in [0.1, 0.15) is 109 Å². The van der Waals surface area contributed by atoms with Crippen LogP contribution in [0.3, 0.4) is 0 Å². The minimum absolute atomic E-state index is 0.00445. The van der Waals surface area contributed by atoms with Gasteiger partial charge in [0.25, 0.3) is 0 Å². The molecule has 0 aromatic heterocycles. The molecule has 42 heavy (non-hydrogen) atoms. The number of carboxylic acid groups (broad SMARTS) is 2. The fourth-order valence-electron chi connectivity index (χ4n) is 10.5. The van der Waals surface area contributed by atoms with Crippen molar-refractivity contribution >= 4 is 11.9 Å². The van der Waals surface area contributed by atoms with E-state index in [0.717, 1.165) is 0 Å². The number of carboxylic acids is 2. The van der Waals surface area contributed by atoms with Crippen LogP contribution in [0.15, 0.2) is 0 Å². The number of nitrogens with zero attached hydrogens (tertiary/aromatic N) is 2. The Morgan fingerprint density at radius 1 is 0.738 bits per heavy atom. The molecule has 10 nitrogen and oxygen atoms in total. The molecule has 0 bridgehead atoms. The average Bonchev–Trinajstić information content (AvgIpc) is 3.60. The molecule has 242 valence electrons. The Hall–Kier alpha value is -1.30. The van der Waals surface area contributed by atoms with E-state index in [2.05, 4.69) is 41.5 Å². The number of hydrogen-bond acceptors (Lipinski definition) is 8. The van der Waals surface area contributed by atoms with Gasteiger partial charge in [0, 0.05) is 28.6 Å². The lowest BCUT2D eigenvalue weighted by Crippen LogP contribution is -2.61. The van der Waals surface area contributed by atoms with Crippen LogP contribution in [0, 0.1) is 34.5 Å². The van der Waals surface area contributed by atoms with E-state index in [1.54, 1.807) is 27.7 Å². The maximum Gasteiger partial charge on any atom is 0.310 e.